The molecule has 7 heteroatoms. The van der Waals surface area contributed by atoms with Gasteiger partial charge in [-0.1, -0.05) is 12.1 Å². The van der Waals surface area contributed by atoms with E-state index >= 15 is 0 Å². The second-order valence-electron chi connectivity index (χ2n) is 4.36. The van der Waals surface area contributed by atoms with E-state index in [9.17, 15) is 8.42 Å². The summed E-state index contributed by atoms with van der Waals surface area (Å²) in [6.45, 7) is 0. The first-order chi connectivity index (χ1) is 9.47. The molecule has 2 aromatic heterocycles. The summed E-state index contributed by atoms with van der Waals surface area (Å²) >= 11 is 6.20. The lowest BCUT2D eigenvalue weighted by atomic mass is 10.2. The topological polar surface area (TPSA) is 64.8 Å². The van der Waals surface area contributed by atoms with Gasteiger partial charge in [0.05, 0.1) is 4.90 Å². The molecule has 3 rings (SSSR count). The Morgan fingerprint density at radius 2 is 2.00 bits per heavy atom. The number of hydrogen-bond donors (Lipinski definition) is 0. The molecule has 5 nitrogen and oxygen atoms in total. The number of nitrogens with zero attached hydrogens (tertiary/aromatic N) is 3. The fourth-order valence-electron chi connectivity index (χ4n) is 1.93. The van der Waals surface area contributed by atoms with Gasteiger partial charge in [-0.05, 0) is 24.3 Å². The second kappa shape index (κ2) is 4.57. The molecule has 0 atom stereocenters. The van der Waals surface area contributed by atoms with Gasteiger partial charge in [0.25, 0.3) is 0 Å². The van der Waals surface area contributed by atoms with Crippen molar-refractivity contribution in [2.45, 2.75) is 4.90 Å². The van der Waals surface area contributed by atoms with E-state index in [2.05, 4.69) is 9.97 Å². The SMILES string of the molecule is CS(=O)(=O)c1cccc(-c2nc3cccnc3n2Cl)c1. The van der Waals surface area contributed by atoms with Crippen molar-refractivity contribution in [3.63, 3.8) is 0 Å². The maximum atomic E-state index is 11.6. The van der Waals surface area contributed by atoms with Gasteiger partial charge in [-0.15, -0.1) is 0 Å². The molecule has 0 saturated heterocycles. The molecule has 3 aromatic rings. The molecule has 0 aliphatic heterocycles. The fraction of sp³-hybridized carbons (Fsp3) is 0.0769. The first kappa shape index (κ1) is 13.1. The van der Waals surface area contributed by atoms with E-state index in [1.165, 1.54) is 10.2 Å². The standard InChI is InChI=1S/C13H10ClN3O2S/c1-20(18,19)10-5-2-4-9(8-10)12-16-11-6-3-7-15-13(11)17(12)14/h2-8H,1H3. The van der Waals surface area contributed by atoms with Gasteiger partial charge in [0.15, 0.2) is 21.3 Å². The van der Waals surface area contributed by atoms with E-state index in [0.717, 1.165) is 6.26 Å². The first-order valence-corrected chi connectivity index (χ1v) is 8.00. The van der Waals surface area contributed by atoms with Crippen molar-refractivity contribution in [1.82, 2.24) is 14.1 Å². The van der Waals surface area contributed by atoms with E-state index < -0.39 is 9.84 Å². The Bertz CT molecular complexity index is 903. The molecule has 1 aromatic carbocycles. The number of aromatic nitrogens is 3. The molecule has 0 saturated carbocycles. The van der Waals surface area contributed by atoms with E-state index in [-0.39, 0.29) is 4.90 Å². The van der Waals surface area contributed by atoms with Crippen molar-refractivity contribution < 1.29 is 8.42 Å². The van der Waals surface area contributed by atoms with E-state index in [1.54, 1.807) is 36.5 Å². The molecule has 0 spiro atoms. The highest BCUT2D eigenvalue weighted by atomic mass is 35.5. The van der Waals surface area contributed by atoms with E-state index in [4.69, 9.17) is 11.8 Å². The van der Waals surface area contributed by atoms with Crippen LogP contribution in [0.4, 0.5) is 0 Å². The Balaban J connectivity index is 2.24. The van der Waals surface area contributed by atoms with Crippen molar-refractivity contribution in [3.05, 3.63) is 42.6 Å². The minimum Gasteiger partial charge on any atom is -0.236 e. The van der Waals surface area contributed by atoms with Crippen LogP contribution in [0, 0.1) is 0 Å². The Morgan fingerprint density at radius 1 is 1.20 bits per heavy atom. The Morgan fingerprint density at radius 3 is 2.70 bits per heavy atom. The fourth-order valence-corrected chi connectivity index (χ4v) is 2.86. The molecule has 102 valence electrons. The van der Waals surface area contributed by atoms with Gasteiger partial charge < -0.3 is 0 Å². The Labute approximate surface area is 120 Å². The number of sulfone groups is 1. The van der Waals surface area contributed by atoms with Gasteiger partial charge in [-0.2, -0.15) is 0 Å². The maximum Gasteiger partial charge on any atom is 0.175 e. The quantitative estimate of drug-likeness (QED) is 0.729. The third-order valence-corrected chi connectivity index (χ3v) is 4.32. The smallest absolute Gasteiger partial charge is 0.175 e. The van der Waals surface area contributed by atoms with Gasteiger partial charge in [0.2, 0.25) is 0 Å². The van der Waals surface area contributed by atoms with Crippen molar-refractivity contribution >= 4 is 32.8 Å². The lowest BCUT2D eigenvalue weighted by Gasteiger charge is -2.02. The lowest BCUT2D eigenvalue weighted by Crippen LogP contribution is -1.97. The van der Waals surface area contributed by atoms with Crippen LogP contribution in [-0.2, 0) is 9.84 Å². The second-order valence-corrected chi connectivity index (χ2v) is 6.72. The highest BCUT2D eigenvalue weighted by Crippen LogP contribution is 2.26. The zero-order valence-electron chi connectivity index (χ0n) is 10.5. The van der Waals surface area contributed by atoms with Crippen LogP contribution in [0.15, 0.2) is 47.5 Å². The average Bonchev–Trinajstić information content (AvgIpc) is 2.76. The summed E-state index contributed by atoms with van der Waals surface area (Å²) in [6, 6.07) is 10.1. The van der Waals surface area contributed by atoms with Gasteiger partial charge in [-0.25, -0.2) is 22.5 Å². The van der Waals surface area contributed by atoms with Crippen molar-refractivity contribution in [2.24, 2.45) is 0 Å². The minimum atomic E-state index is -3.27. The van der Waals surface area contributed by atoms with Crippen molar-refractivity contribution in [2.75, 3.05) is 6.26 Å². The minimum absolute atomic E-state index is 0.228. The van der Waals surface area contributed by atoms with Gasteiger partial charge in [0, 0.05) is 29.8 Å². The summed E-state index contributed by atoms with van der Waals surface area (Å²) < 4.78 is 24.5. The Hall–Kier alpha value is -1.92. The molecule has 0 amide bonds. The molecular weight excluding hydrogens is 298 g/mol. The molecule has 0 aliphatic rings. The number of rotatable bonds is 2. The summed E-state index contributed by atoms with van der Waals surface area (Å²) in [4.78, 5) is 8.76. The molecule has 0 unspecified atom stereocenters. The third-order valence-electron chi connectivity index (χ3n) is 2.88. The van der Waals surface area contributed by atoms with Gasteiger partial charge in [0.1, 0.15) is 5.52 Å². The number of imidazole rings is 1. The van der Waals surface area contributed by atoms with E-state index in [1.807, 2.05) is 0 Å². The molecule has 0 aliphatic carbocycles. The van der Waals surface area contributed by atoms with Crippen LogP contribution in [0.5, 0.6) is 0 Å². The summed E-state index contributed by atoms with van der Waals surface area (Å²) in [6.07, 6.45) is 2.79. The summed E-state index contributed by atoms with van der Waals surface area (Å²) in [5, 5.41) is 0. The summed E-state index contributed by atoms with van der Waals surface area (Å²) in [7, 11) is -3.27. The molecule has 0 bridgehead atoms. The summed E-state index contributed by atoms with van der Waals surface area (Å²) in [5.41, 5.74) is 1.82. The van der Waals surface area contributed by atoms with Crippen LogP contribution in [0.3, 0.4) is 0 Å². The van der Waals surface area contributed by atoms with Crippen LogP contribution in [0.1, 0.15) is 0 Å². The third kappa shape index (κ3) is 2.17. The number of hydrogen-bond acceptors (Lipinski definition) is 4. The average molecular weight is 308 g/mol. The zero-order valence-corrected chi connectivity index (χ0v) is 12.1. The number of benzene rings is 1. The molecule has 0 N–H and O–H groups in total. The summed E-state index contributed by atoms with van der Waals surface area (Å²) in [5.74, 6) is 0.464. The number of fused-ring (bicyclic) bond motifs is 1. The van der Waals surface area contributed by atoms with Crippen molar-refractivity contribution in [1.29, 1.82) is 0 Å². The monoisotopic (exact) mass is 307 g/mol. The predicted molar refractivity (Wildman–Crippen MR) is 77.3 cm³/mol. The highest BCUT2D eigenvalue weighted by Gasteiger charge is 2.14. The maximum absolute atomic E-state index is 11.6. The first-order valence-electron chi connectivity index (χ1n) is 5.77. The predicted octanol–water partition coefficient (Wildman–Crippen LogP) is 2.50. The van der Waals surface area contributed by atoms with Crippen LogP contribution in [-0.4, -0.2) is 28.7 Å². The highest BCUT2D eigenvalue weighted by molar-refractivity contribution is 7.90. The van der Waals surface area contributed by atoms with Crippen LogP contribution in [0.25, 0.3) is 22.6 Å². The zero-order chi connectivity index (χ0) is 14.3. The molecule has 0 fully saturated rings. The normalized spacial score (nSPS) is 11.9. The van der Waals surface area contributed by atoms with E-state index in [0.29, 0.717) is 22.6 Å². The molecule has 20 heavy (non-hydrogen) atoms. The van der Waals surface area contributed by atoms with Crippen molar-refractivity contribution in [3.8, 4) is 11.4 Å². The van der Waals surface area contributed by atoms with Crippen LogP contribution < -0.4 is 0 Å². The molecule has 2 heterocycles. The van der Waals surface area contributed by atoms with Crippen LogP contribution >= 0.6 is 11.8 Å². The number of halogens is 1. The number of pyridine rings is 1. The Kier molecular flexibility index (Phi) is 2.99. The van der Waals surface area contributed by atoms with Gasteiger partial charge >= 0.3 is 0 Å². The molecular formula is C13H10ClN3O2S. The lowest BCUT2D eigenvalue weighted by molar-refractivity contribution is 0.602. The van der Waals surface area contributed by atoms with Crippen LogP contribution in [0.2, 0.25) is 0 Å². The molecule has 0 radical (unpaired) electrons. The van der Waals surface area contributed by atoms with Gasteiger partial charge in [-0.3, -0.25) is 0 Å². The largest absolute Gasteiger partial charge is 0.236 e.